The van der Waals surface area contributed by atoms with Gasteiger partial charge in [0.15, 0.2) is 5.11 Å². The maximum atomic E-state index is 5.80. The number of hydrogen-bond acceptors (Lipinski definition) is 5. The van der Waals surface area contributed by atoms with Crippen LogP contribution in [0, 0.1) is 0 Å². The second-order valence-electron chi connectivity index (χ2n) is 4.95. The summed E-state index contributed by atoms with van der Waals surface area (Å²) in [4.78, 5) is 15.5. The van der Waals surface area contributed by atoms with E-state index in [1.807, 2.05) is 18.3 Å². The van der Waals surface area contributed by atoms with E-state index in [1.165, 1.54) is 0 Å². The van der Waals surface area contributed by atoms with Crippen molar-refractivity contribution in [1.82, 2.24) is 30.6 Å². The Morgan fingerprint density at radius 2 is 2.00 bits per heavy atom. The van der Waals surface area contributed by atoms with Gasteiger partial charge in [-0.2, -0.15) is 0 Å². The normalized spacial score (nSPS) is 10.5. The maximum absolute atomic E-state index is 5.80. The summed E-state index contributed by atoms with van der Waals surface area (Å²) in [5.74, 6) is 0.495. The molecule has 3 rings (SSSR count). The van der Waals surface area contributed by atoms with Crippen molar-refractivity contribution in [2.75, 3.05) is 18.4 Å². The van der Waals surface area contributed by atoms with Crippen molar-refractivity contribution in [2.45, 2.75) is 6.54 Å². The van der Waals surface area contributed by atoms with Gasteiger partial charge in [-0.15, -0.1) is 0 Å². The van der Waals surface area contributed by atoms with Gasteiger partial charge in [0.05, 0.1) is 0 Å². The Morgan fingerprint density at radius 3 is 2.88 bits per heavy atom. The molecule has 0 saturated carbocycles. The van der Waals surface area contributed by atoms with E-state index < -0.39 is 0 Å². The van der Waals surface area contributed by atoms with Crippen LogP contribution in [0.5, 0.6) is 0 Å². The third kappa shape index (κ3) is 4.30. The summed E-state index contributed by atoms with van der Waals surface area (Å²) in [7, 11) is 0. The minimum Gasteiger partial charge on any atom is -0.361 e. The molecule has 0 fully saturated rings. The van der Waals surface area contributed by atoms with Crippen molar-refractivity contribution in [1.29, 1.82) is 0 Å². The number of anilines is 1. The Labute approximate surface area is 149 Å². The fourth-order valence-electron chi connectivity index (χ4n) is 2.18. The summed E-state index contributed by atoms with van der Waals surface area (Å²) in [6, 6.07) is 5.61. The minimum absolute atomic E-state index is 0.408. The van der Waals surface area contributed by atoms with E-state index in [0.717, 1.165) is 16.6 Å². The molecule has 0 amide bonds. The van der Waals surface area contributed by atoms with Crippen molar-refractivity contribution in [3.8, 4) is 0 Å². The van der Waals surface area contributed by atoms with Crippen LogP contribution in [0.1, 0.15) is 5.56 Å². The van der Waals surface area contributed by atoms with Crippen LogP contribution < -0.4 is 16.0 Å². The molecule has 24 heavy (non-hydrogen) atoms. The van der Waals surface area contributed by atoms with Crippen LogP contribution in [0.25, 0.3) is 11.0 Å². The second kappa shape index (κ2) is 7.89. The second-order valence-corrected chi connectivity index (χ2v) is 5.74. The van der Waals surface area contributed by atoms with E-state index >= 15 is 0 Å². The Bertz CT molecular complexity index is 835. The Hall–Kier alpha value is -2.45. The molecule has 0 bridgehead atoms. The van der Waals surface area contributed by atoms with Crippen molar-refractivity contribution in [3.63, 3.8) is 0 Å². The first-order valence-corrected chi connectivity index (χ1v) is 8.16. The number of fused-ring (bicyclic) bond motifs is 1. The van der Waals surface area contributed by atoms with Crippen molar-refractivity contribution >= 4 is 45.9 Å². The van der Waals surface area contributed by atoms with Gasteiger partial charge in [0.2, 0.25) is 5.95 Å². The number of rotatable bonds is 6. The summed E-state index contributed by atoms with van der Waals surface area (Å²) >= 11 is 11.1. The molecule has 0 radical (unpaired) electrons. The van der Waals surface area contributed by atoms with Crippen LogP contribution in [-0.4, -0.2) is 38.1 Å². The molecule has 0 saturated heterocycles. The lowest BCUT2D eigenvalue weighted by Crippen LogP contribution is -2.37. The van der Waals surface area contributed by atoms with Crippen LogP contribution in [0.15, 0.2) is 36.8 Å². The molecule has 124 valence electrons. The molecule has 0 spiro atoms. The highest BCUT2D eigenvalue weighted by atomic mass is 35.5. The van der Waals surface area contributed by atoms with Gasteiger partial charge in [-0.1, -0.05) is 11.6 Å². The average Bonchev–Trinajstić information content (AvgIpc) is 3.06. The number of thiocarbonyl (C=S) groups is 1. The first kappa shape index (κ1) is 16.4. The standard InChI is InChI=1S/C15H16ClN7S/c16-12-3-6-19-14(23-12)20-7-8-21-15(24)22-9-10-1-4-17-13-11(10)2-5-18-13/h1-6H,7-9H2,(H,17,18)(H,19,20,23)(H2,21,22,24). The van der Waals surface area contributed by atoms with Gasteiger partial charge in [-0.25, -0.2) is 15.0 Å². The van der Waals surface area contributed by atoms with Gasteiger partial charge in [0.1, 0.15) is 10.8 Å². The quantitative estimate of drug-likeness (QED) is 0.303. The zero-order valence-corrected chi connectivity index (χ0v) is 14.3. The van der Waals surface area contributed by atoms with Crippen LogP contribution in [0.2, 0.25) is 5.15 Å². The number of pyridine rings is 1. The van der Waals surface area contributed by atoms with Gasteiger partial charge < -0.3 is 20.9 Å². The van der Waals surface area contributed by atoms with Crippen molar-refractivity contribution < 1.29 is 0 Å². The SMILES string of the molecule is S=C(NCCNc1nccc(Cl)n1)NCc1ccnc2[nH]ccc12. The van der Waals surface area contributed by atoms with Crippen LogP contribution in [-0.2, 0) is 6.54 Å². The Balaban J connectivity index is 1.41. The van der Waals surface area contributed by atoms with E-state index in [9.17, 15) is 0 Å². The summed E-state index contributed by atoms with van der Waals surface area (Å²) in [6.07, 6.45) is 5.26. The fraction of sp³-hybridized carbons (Fsp3) is 0.200. The minimum atomic E-state index is 0.408. The third-order valence-electron chi connectivity index (χ3n) is 3.31. The number of H-pyrrole nitrogens is 1. The summed E-state index contributed by atoms with van der Waals surface area (Å²) in [5.41, 5.74) is 2.01. The van der Waals surface area contributed by atoms with Gasteiger partial charge in [-0.3, -0.25) is 0 Å². The van der Waals surface area contributed by atoms with Gasteiger partial charge in [0, 0.05) is 43.6 Å². The van der Waals surface area contributed by atoms with Gasteiger partial charge in [0.25, 0.3) is 0 Å². The predicted octanol–water partition coefficient (Wildman–Crippen LogP) is 2.08. The lowest BCUT2D eigenvalue weighted by molar-refractivity contribution is 0.833. The van der Waals surface area contributed by atoms with Gasteiger partial charge >= 0.3 is 0 Å². The fourth-order valence-corrected chi connectivity index (χ4v) is 2.49. The number of nitrogens with zero attached hydrogens (tertiary/aromatic N) is 3. The number of aromatic nitrogens is 4. The molecule has 3 heterocycles. The molecule has 4 N–H and O–H groups in total. The lowest BCUT2D eigenvalue weighted by Gasteiger charge is -2.11. The molecule has 3 aromatic rings. The zero-order valence-electron chi connectivity index (χ0n) is 12.7. The van der Waals surface area contributed by atoms with Crippen molar-refractivity contribution in [2.24, 2.45) is 0 Å². The van der Waals surface area contributed by atoms with E-state index in [-0.39, 0.29) is 0 Å². The third-order valence-corrected chi connectivity index (χ3v) is 3.80. The average molecular weight is 362 g/mol. The number of halogens is 1. The molecule has 0 aromatic carbocycles. The zero-order chi connectivity index (χ0) is 16.8. The highest BCUT2D eigenvalue weighted by Gasteiger charge is 2.03. The molecular formula is C15H16ClN7S. The topological polar surface area (TPSA) is 90.6 Å². The lowest BCUT2D eigenvalue weighted by atomic mass is 10.2. The van der Waals surface area contributed by atoms with E-state index in [4.69, 9.17) is 23.8 Å². The van der Waals surface area contributed by atoms with E-state index in [2.05, 4.69) is 35.9 Å². The first-order valence-electron chi connectivity index (χ1n) is 7.37. The van der Waals surface area contributed by atoms with Crippen LogP contribution in [0.3, 0.4) is 0 Å². The van der Waals surface area contributed by atoms with E-state index in [1.54, 1.807) is 18.5 Å². The molecule has 0 atom stereocenters. The number of hydrogen-bond donors (Lipinski definition) is 4. The molecule has 0 aliphatic rings. The summed E-state index contributed by atoms with van der Waals surface area (Å²) < 4.78 is 0. The highest BCUT2D eigenvalue weighted by Crippen LogP contribution is 2.14. The first-order chi connectivity index (χ1) is 11.7. The van der Waals surface area contributed by atoms with E-state index in [0.29, 0.717) is 35.8 Å². The molecule has 0 unspecified atom stereocenters. The smallest absolute Gasteiger partial charge is 0.224 e. The molecule has 9 heteroatoms. The Morgan fingerprint density at radius 1 is 1.12 bits per heavy atom. The van der Waals surface area contributed by atoms with Gasteiger partial charge in [-0.05, 0) is 36.0 Å². The largest absolute Gasteiger partial charge is 0.361 e. The van der Waals surface area contributed by atoms with Crippen LogP contribution >= 0.6 is 23.8 Å². The predicted molar refractivity (Wildman–Crippen MR) is 99.1 cm³/mol. The molecule has 0 aliphatic carbocycles. The Kier molecular flexibility index (Phi) is 5.39. The van der Waals surface area contributed by atoms with Crippen LogP contribution in [0.4, 0.5) is 5.95 Å². The molecular weight excluding hydrogens is 346 g/mol. The van der Waals surface area contributed by atoms with Crippen molar-refractivity contribution in [3.05, 3.63) is 47.5 Å². The summed E-state index contributed by atoms with van der Waals surface area (Å²) in [6.45, 7) is 1.89. The molecule has 3 aromatic heterocycles. The molecule has 0 aliphatic heterocycles. The number of aromatic amines is 1. The monoisotopic (exact) mass is 361 g/mol. The maximum Gasteiger partial charge on any atom is 0.224 e. The number of nitrogens with one attached hydrogen (secondary N) is 4. The highest BCUT2D eigenvalue weighted by molar-refractivity contribution is 7.80. The summed E-state index contributed by atoms with van der Waals surface area (Å²) in [5, 5.41) is 11.5. The molecule has 7 nitrogen and oxygen atoms in total.